The number of hydrogen-bond acceptors (Lipinski definition) is 6. The Morgan fingerprint density at radius 3 is 2.81 bits per heavy atom. The van der Waals surface area contributed by atoms with Crippen LogP contribution < -0.4 is 0 Å². The molecule has 0 radical (unpaired) electrons. The summed E-state index contributed by atoms with van der Waals surface area (Å²) in [4.78, 5) is 16.6. The van der Waals surface area contributed by atoms with Crippen molar-refractivity contribution in [1.82, 2.24) is 0 Å². The minimum atomic E-state index is -0.756. The van der Waals surface area contributed by atoms with Crippen molar-refractivity contribution in [3.63, 3.8) is 0 Å². The average molecular weight is 228 g/mol. The van der Waals surface area contributed by atoms with Crippen molar-refractivity contribution < 1.29 is 19.6 Å². The SMILES string of the molecule is COC(=O)CC1(C/C(C)=N\O)CC(C)=NO1. The Labute approximate surface area is 93.9 Å². The highest BCUT2D eigenvalue weighted by Crippen LogP contribution is 2.32. The molecule has 0 fully saturated rings. The standard InChI is InChI=1S/C10H16N2O4/c1-7(11-14)4-10(6-9(13)15-3)5-8(2)12-16-10/h14H,4-6H2,1-3H3/b11-7-. The molecular formula is C10H16N2O4. The number of hydrogen-bond donors (Lipinski definition) is 1. The molecule has 0 bridgehead atoms. The molecule has 6 heteroatoms. The fourth-order valence-electron chi connectivity index (χ4n) is 1.79. The first-order valence-corrected chi connectivity index (χ1v) is 4.97. The highest BCUT2D eigenvalue weighted by atomic mass is 16.7. The molecule has 16 heavy (non-hydrogen) atoms. The molecule has 1 N–H and O–H groups in total. The second-order valence-corrected chi connectivity index (χ2v) is 4.04. The van der Waals surface area contributed by atoms with Gasteiger partial charge >= 0.3 is 5.97 Å². The van der Waals surface area contributed by atoms with E-state index in [0.29, 0.717) is 18.6 Å². The van der Waals surface area contributed by atoms with E-state index in [2.05, 4.69) is 15.0 Å². The summed E-state index contributed by atoms with van der Waals surface area (Å²) < 4.78 is 4.62. The molecule has 1 unspecified atom stereocenters. The highest BCUT2D eigenvalue weighted by Gasteiger charge is 2.41. The van der Waals surface area contributed by atoms with Crippen molar-refractivity contribution in [1.29, 1.82) is 0 Å². The second kappa shape index (κ2) is 4.96. The van der Waals surface area contributed by atoms with Crippen molar-refractivity contribution in [2.75, 3.05) is 7.11 Å². The van der Waals surface area contributed by atoms with E-state index >= 15 is 0 Å². The first kappa shape index (κ1) is 12.5. The average Bonchev–Trinajstić information content (AvgIpc) is 2.59. The van der Waals surface area contributed by atoms with Crippen LogP contribution in [0.25, 0.3) is 0 Å². The van der Waals surface area contributed by atoms with Gasteiger partial charge in [-0.1, -0.05) is 10.3 Å². The van der Waals surface area contributed by atoms with E-state index in [0.717, 1.165) is 5.71 Å². The zero-order valence-electron chi connectivity index (χ0n) is 9.69. The minimum Gasteiger partial charge on any atom is -0.469 e. The van der Waals surface area contributed by atoms with Gasteiger partial charge in [-0.25, -0.2) is 0 Å². The smallest absolute Gasteiger partial charge is 0.309 e. The van der Waals surface area contributed by atoms with E-state index in [4.69, 9.17) is 10.0 Å². The Balaban J connectivity index is 2.75. The largest absolute Gasteiger partial charge is 0.469 e. The summed E-state index contributed by atoms with van der Waals surface area (Å²) in [5.74, 6) is -0.365. The number of carbonyl (C=O) groups is 1. The Bertz CT molecular complexity index is 338. The summed E-state index contributed by atoms with van der Waals surface area (Å²) in [5, 5.41) is 15.6. The number of nitrogens with zero attached hydrogens (tertiary/aromatic N) is 2. The third-order valence-electron chi connectivity index (χ3n) is 2.42. The number of carbonyl (C=O) groups excluding carboxylic acids is 1. The summed E-state index contributed by atoms with van der Waals surface area (Å²) in [5.41, 5.74) is 0.552. The van der Waals surface area contributed by atoms with Gasteiger partial charge in [-0.3, -0.25) is 4.79 Å². The van der Waals surface area contributed by atoms with Gasteiger partial charge in [0.2, 0.25) is 0 Å². The Morgan fingerprint density at radius 1 is 1.69 bits per heavy atom. The van der Waals surface area contributed by atoms with Crippen molar-refractivity contribution in [2.45, 2.75) is 38.7 Å². The van der Waals surface area contributed by atoms with Crippen LogP contribution in [0.1, 0.15) is 33.1 Å². The maximum Gasteiger partial charge on any atom is 0.309 e. The molecule has 0 saturated carbocycles. The maximum absolute atomic E-state index is 11.3. The lowest BCUT2D eigenvalue weighted by atomic mass is 9.88. The van der Waals surface area contributed by atoms with Crippen LogP contribution in [0.4, 0.5) is 0 Å². The number of esters is 1. The van der Waals surface area contributed by atoms with Crippen LogP contribution in [0.2, 0.25) is 0 Å². The lowest BCUT2D eigenvalue weighted by Crippen LogP contribution is -2.34. The first-order chi connectivity index (χ1) is 7.51. The Morgan fingerprint density at radius 2 is 2.38 bits per heavy atom. The molecule has 0 aromatic carbocycles. The number of methoxy groups -OCH3 is 1. The second-order valence-electron chi connectivity index (χ2n) is 4.04. The molecule has 1 aliphatic rings. The molecule has 0 aromatic heterocycles. The molecule has 1 aliphatic heterocycles. The summed E-state index contributed by atoms with van der Waals surface area (Å²) in [6.45, 7) is 3.49. The van der Waals surface area contributed by atoms with Gasteiger partial charge < -0.3 is 14.8 Å². The Hall–Kier alpha value is -1.59. The van der Waals surface area contributed by atoms with Crippen molar-refractivity contribution in [3.05, 3.63) is 0 Å². The minimum absolute atomic E-state index is 0.0944. The van der Waals surface area contributed by atoms with Crippen LogP contribution >= 0.6 is 0 Å². The van der Waals surface area contributed by atoms with Gasteiger partial charge in [0.05, 0.1) is 25.0 Å². The van der Waals surface area contributed by atoms with Crippen LogP contribution in [0, 0.1) is 0 Å². The molecule has 6 nitrogen and oxygen atoms in total. The molecule has 0 saturated heterocycles. The van der Waals surface area contributed by atoms with Gasteiger partial charge in [0.15, 0.2) is 5.60 Å². The van der Waals surface area contributed by atoms with Gasteiger partial charge in [0, 0.05) is 12.8 Å². The van der Waals surface area contributed by atoms with E-state index < -0.39 is 5.60 Å². The lowest BCUT2D eigenvalue weighted by Gasteiger charge is -2.24. The molecule has 1 heterocycles. The van der Waals surface area contributed by atoms with E-state index in [1.54, 1.807) is 6.92 Å². The summed E-state index contributed by atoms with van der Waals surface area (Å²) in [6.07, 6.45) is 0.978. The predicted octanol–water partition coefficient (Wildman–Crippen LogP) is 1.32. The van der Waals surface area contributed by atoms with E-state index in [1.807, 2.05) is 6.92 Å². The van der Waals surface area contributed by atoms with Crippen molar-refractivity contribution in [2.24, 2.45) is 10.3 Å². The van der Waals surface area contributed by atoms with Gasteiger partial charge in [-0.15, -0.1) is 0 Å². The summed E-state index contributed by atoms with van der Waals surface area (Å²) >= 11 is 0. The maximum atomic E-state index is 11.3. The monoisotopic (exact) mass is 228 g/mol. The van der Waals surface area contributed by atoms with E-state index in [-0.39, 0.29) is 12.4 Å². The fraction of sp³-hybridized carbons (Fsp3) is 0.700. The molecule has 1 atom stereocenters. The quantitative estimate of drug-likeness (QED) is 0.340. The number of rotatable bonds is 4. The van der Waals surface area contributed by atoms with Crippen LogP contribution in [0.3, 0.4) is 0 Å². The van der Waals surface area contributed by atoms with Gasteiger partial charge in [0.25, 0.3) is 0 Å². The van der Waals surface area contributed by atoms with Gasteiger partial charge in [0.1, 0.15) is 0 Å². The molecule has 90 valence electrons. The Kier molecular flexibility index (Phi) is 3.87. The summed E-state index contributed by atoms with van der Waals surface area (Å²) in [7, 11) is 1.33. The lowest BCUT2D eigenvalue weighted by molar-refractivity contribution is -0.147. The molecule has 0 amide bonds. The third-order valence-corrected chi connectivity index (χ3v) is 2.42. The van der Waals surface area contributed by atoms with Crippen LogP contribution in [-0.2, 0) is 14.4 Å². The molecule has 1 rings (SSSR count). The third kappa shape index (κ3) is 2.95. The first-order valence-electron chi connectivity index (χ1n) is 4.97. The van der Waals surface area contributed by atoms with Crippen molar-refractivity contribution >= 4 is 17.4 Å². The van der Waals surface area contributed by atoms with E-state index in [1.165, 1.54) is 7.11 Å². The molecule has 0 spiro atoms. The predicted molar refractivity (Wildman–Crippen MR) is 57.7 cm³/mol. The molecule has 0 aliphatic carbocycles. The van der Waals surface area contributed by atoms with Crippen LogP contribution in [-0.4, -0.2) is 35.3 Å². The van der Waals surface area contributed by atoms with Crippen LogP contribution in [0.15, 0.2) is 10.3 Å². The van der Waals surface area contributed by atoms with Crippen molar-refractivity contribution in [3.8, 4) is 0 Å². The molecule has 0 aromatic rings. The normalized spacial score (nSPS) is 24.9. The van der Waals surface area contributed by atoms with Crippen LogP contribution in [0.5, 0.6) is 0 Å². The van der Waals surface area contributed by atoms with E-state index in [9.17, 15) is 4.79 Å². The highest BCUT2D eigenvalue weighted by molar-refractivity contribution is 5.88. The van der Waals surface area contributed by atoms with Gasteiger partial charge in [-0.2, -0.15) is 0 Å². The summed E-state index contributed by atoms with van der Waals surface area (Å²) in [6, 6.07) is 0. The molecular weight excluding hydrogens is 212 g/mol. The zero-order chi connectivity index (χ0) is 12.2. The van der Waals surface area contributed by atoms with Gasteiger partial charge in [-0.05, 0) is 13.8 Å². The topological polar surface area (TPSA) is 80.5 Å². The fourth-order valence-corrected chi connectivity index (χ4v) is 1.79. The number of ether oxygens (including phenoxy) is 1. The number of oxime groups is 2. The zero-order valence-corrected chi connectivity index (χ0v) is 9.69.